The van der Waals surface area contributed by atoms with Crippen LogP contribution in [0.3, 0.4) is 0 Å². The summed E-state index contributed by atoms with van der Waals surface area (Å²) < 4.78 is 20.1. The van der Waals surface area contributed by atoms with Crippen molar-refractivity contribution in [2.75, 3.05) is 4.90 Å². The zero-order valence-corrected chi connectivity index (χ0v) is 16.5. The number of carbonyl (C=O) groups excluding carboxylic acids is 2. The van der Waals surface area contributed by atoms with E-state index in [-0.39, 0.29) is 23.4 Å². The number of nitrogens with one attached hydrogen (secondary N) is 1. The largest absolute Gasteiger partial charge is 0.459 e. The first kappa shape index (κ1) is 19.9. The van der Waals surface area contributed by atoms with Gasteiger partial charge in [-0.05, 0) is 42.7 Å². The average Bonchev–Trinajstić information content (AvgIpc) is 3.47. The molecule has 6 heteroatoms. The molecule has 1 N–H and O–H groups in total. The minimum Gasteiger partial charge on any atom is -0.459 e. The molecule has 1 heterocycles. The second-order valence-electron chi connectivity index (χ2n) is 7.41. The van der Waals surface area contributed by atoms with Crippen molar-refractivity contribution < 1.29 is 18.4 Å². The standard InChI is InChI=1S/C24H23FN2O3/c25-19-13-6-7-14-20(19)27(24(29)21-15-8-16-30-21)22(17-9-2-1-3-10-17)23(28)26-18-11-4-5-12-18/h1-3,6-10,13-16,18,22H,4-5,11-12H2,(H,26,28)/t22-/m1/s1. The van der Waals surface area contributed by atoms with E-state index in [2.05, 4.69) is 5.32 Å². The highest BCUT2D eigenvalue weighted by atomic mass is 19.1. The zero-order chi connectivity index (χ0) is 20.9. The summed E-state index contributed by atoms with van der Waals surface area (Å²) in [5.74, 6) is -1.48. The van der Waals surface area contributed by atoms with Gasteiger partial charge in [-0.2, -0.15) is 0 Å². The van der Waals surface area contributed by atoms with Crippen LogP contribution in [0.4, 0.5) is 10.1 Å². The third-order valence-corrected chi connectivity index (χ3v) is 5.39. The van der Waals surface area contributed by atoms with Crippen LogP contribution in [0.5, 0.6) is 0 Å². The van der Waals surface area contributed by atoms with E-state index in [1.165, 1.54) is 29.4 Å². The van der Waals surface area contributed by atoms with Gasteiger partial charge in [0.15, 0.2) is 5.76 Å². The predicted molar refractivity (Wildman–Crippen MR) is 111 cm³/mol. The Balaban J connectivity index is 1.80. The maximum absolute atomic E-state index is 14.8. The Kier molecular flexibility index (Phi) is 5.93. The van der Waals surface area contributed by atoms with Crippen molar-refractivity contribution in [1.82, 2.24) is 5.32 Å². The second kappa shape index (κ2) is 8.95. The summed E-state index contributed by atoms with van der Waals surface area (Å²) in [5.41, 5.74) is 0.616. The molecule has 1 aromatic heterocycles. The molecule has 1 aliphatic rings. The number of furan rings is 1. The Morgan fingerprint density at radius 3 is 2.33 bits per heavy atom. The fraction of sp³-hybridized carbons (Fsp3) is 0.250. The molecule has 0 bridgehead atoms. The van der Waals surface area contributed by atoms with Crippen LogP contribution in [0.25, 0.3) is 0 Å². The third kappa shape index (κ3) is 4.13. The predicted octanol–water partition coefficient (Wildman–Crippen LogP) is 4.87. The van der Waals surface area contributed by atoms with Crippen molar-refractivity contribution in [2.24, 2.45) is 0 Å². The molecule has 0 radical (unpaired) electrons. The third-order valence-electron chi connectivity index (χ3n) is 5.39. The van der Waals surface area contributed by atoms with Crippen molar-refractivity contribution in [2.45, 2.75) is 37.8 Å². The molecule has 5 nitrogen and oxygen atoms in total. The highest BCUT2D eigenvalue weighted by Crippen LogP contribution is 2.32. The Morgan fingerprint density at radius 1 is 0.967 bits per heavy atom. The lowest BCUT2D eigenvalue weighted by Gasteiger charge is -2.32. The first-order valence-corrected chi connectivity index (χ1v) is 10.1. The maximum Gasteiger partial charge on any atom is 0.295 e. The Labute approximate surface area is 174 Å². The number of para-hydroxylation sites is 1. The fourth-order valence-corrected chi connectivity index (χ4v) is 3.94. The Bertz CT molecular complexity index is 998. The molecule has 2 aromatic carbocycles. The number of benzene rings is 2. The monoisotopic (exact) mass is 406 g/mol. The first-order chi connectivity index (χ1) is 14.6. The topological polar surface area (TPSA) is 62.6 Å². The van der Waals surface area contributed by atoms with Gasteiger partial charge in [0, 0.05) is 6.04 Å². The van der Waals surface area contributed by atoms with Crippen molar-refractivity contribution in [3.8, 4) is 0 Å². The van der Waals surface area contributed by atoms with Gasteiger partial charge in [-0.1, -0.05) is 55.3 Å². The minimum atomic E-state index is -1.04. The molecule has 0 saturated heterocycles. The summed E-state index contributed by atoms with van der Waals surface area (Å²) >= 11 is 0. The second-order valence-corrected chi connectivity index (χ2v) is 7.41. The lowest BCUT2D eigenvalue weighted by atomic mass is 10.0. The Hall–Kier alpha value is -3.41. The summed E-state index contributed by atoms with van der Waals surface area (Å²) in [5, 5.41) is 3.06. The van der Waals surface area contributed by atoms with Gasteiger partial charge in [-0.25, -0.2) is 4.39 Å². The number of amides is 2. The lowest BCUT2D eigenvalue weighted by Crippen LogP contribution is -2.46. The molecular weight excluding hydrogens is 383 g/mol. The van der Waals surface area contributed by atoms with Crippen LogP contribution in [0.1, 0.15) is 47.8 Å². The van der Waals surface area contributed by atoms with E-state index in [9.17, 15) is 14.0 Å². The molecule has 154 valence electrons. The first-order valence-electron chi connectivity index (χ1n) is 10.1. The molecule has 0 spiro atoms. The molecule has 3 aromatic rings. The molecule has 0 unspecified atom stereocenters. The smallest absolute Gasteiger partial charge is 0.295 e. The van der Waals surface area contributed by atoms with E-state index in [4.69, 9.17) is 4.42 Å². The van der Waals surface area contributed by atoms with Gasteiger partial charge >= 0.3 is 0 Å². The summed E-state index contributed by atoms with van der Waals surface area (Å²) in [6, 6.07) is 17.0. The Morgan fingerprint density at radius 2 is 1.67 bits per heavy atom. The van der Waals surface area contributed by atoms with E-state index in [1.54, 1.807) is 42.5 Å². The number of carbonyl (C=O) groups is 2. The van der Waals surface area contributed by atoms with E-state index in [0.717, 1.165) is 25.7 Å². The van der Waals surface area contributed by atoms with Crippen LogP contribution in [-0.2, 0) is 4.79 Å². The van der Waals surface area contributed by atoms with Crippen LogP contribution < -0.4 is 10.2 Å². The molecule has 4 rings (SSSR count). The van der Waals surface area contributed by atoms with Gasteiger partial charge in [-0.15, -0.1) is 0 Å². The SMILES string of the molecule is O=C(NC1CCCC1)[C@@H](c1ccccc1)N(C(=O)c1ccco1)c1ccccc1F. The summed E-state index contributed by atoms with van der Waals surface area (Å²) in [6.45, 7) is 0. The normalized spacial score (nSPS) is 15.0. The van der Waals surface area contributed by atoms with Crippen molar-refractivity contribution in [3.63, 3.8) is 0 Å². The van der Waals surface area contributed by atoms with Crippen LogP contribution in [0.15, 0.2) is 77.4 Å². The average molecular weight is 406 g/mol. The summed E-state index contributed by atoms with van der Waals surface area (Å²) in [6.07, 6.45) is 5.30. The van der Waals surface area contributed by atoms with Crippen LogP contribution in [0.2, 0.25) is 0 Å². The number of hydrogen-bond donors (Lipinski definition) is 1. The van der Waals surface area contributed by atoms with E-state index in [1.807, 2.05) is 6.07 Å². The van der Waals surface area contributed by atoms with Gasteiger partial charge < -0.3 is 9.73 Å². The van der Waals surface area contributed by atoms with Gasteiger partial charge in [-0.3, -0.25) is 14.5 Å². The molecule has 2 amide bonds. The molecular formula is C24H23FN2O3. The minimum absolute atomic E-state index is 0.0225. The van der Waals surface area contributed by atoms with E-state index < -0.39 is 17.8 Å². The zero-order valence-electron chi connectivity index (χ0n) is 16.5. The van der Waals surface area contributed by atoms with Gasteiger partial charge in [0.05, 0.1) is 12.0 Å². The van der Waals surface area contributed by atoms with Gasteiger partial charge in [0.1, 0.15) is 11.9 Å². The molecule has 0 aliphatic heterocycles. The summed E-state index contributed by atoms with van der Waals surface area (Å²) in [7, 11) is 0. The highest BCUT2D eigenvalue weighted by molar-refractivity contribution is 6.08. The van der Waals surface area contributed by atoms with Gasteiger partial charge in [0.2, 0.25) is 5.91 Å². The fourth-order valence-electron chi connectivity index (χ4n) is 3.94. The highest BCUT2D eigenvalue weighted by Gasteiger charge is 2.36. The number of halogens is 1. The molecule has 1 fully saturated rings. The van der Waals surface area contributed by atoms with Crippen molar-refractivity contribution >= 4 is 17.5 Å². The molecule has 30 heavy (non-hydrogen) atoms. The van der Waals surface area contributed by atoms with E-state index in [0.29, 0.717) is 5.56 Å². The number of nitrogens with zero attached hydrogens (tertiary/aromatic N) is 1. The molecule has 1 saturated carbocycles. The van der Waals surface area contributed by atoms with Gasteiger partial charge in [0.25, 0.3) is 5.91 Å². The molecule has 1 aliphatic carbocycles. The number of hydrogen-bond acceptors (Lipinski definition) is 3. The van der Waals surface area contributed by atoms with Crippen LogP contribution >= 0.6 is 0 Å². The van der Waals surface area contributed by atoms with Crippen LogP contribution in [-0.4, -0.2) is 17.9 Å². The quantitative estimate of drug-likeness (QED) is 0.636. The van der Waals surface area contributed by atoms with E-state index >= 15 is 0 Å². The van der Waals surface area contributed by atoms with Crippen molar-refractivity contribution in [1.29, 1.82) is 0 Å². The maximum atomic E-state index is 14.8. The number of anilines is 1. The van der Waals surface area contributed by atoms with Crippen molar-refractivity contribution in [3.05, 3.63) is 90.1 Å². The lowest BCUT2D eigenvalue weighted by molar-refractivity contribution is -0.123. The van der Waals surface area contributed by atoms with Crippen LogP contribution in [0, 0.1) is 5.82 Å². The number of rotatable bonds is 6. The summed E-state index contributed by atoms with van der Waals surface area (Å²) in [4.78, 5) is 28.0. The molecule has 1 atom stereocenters.